The Morgan fingerprint density at radius 3 is 2.43 bits per heavy atom. The number of sulfone groups is 1. The molecule has 0 heterocycles. The molecule has 118 valence electrons. The van der Waals surface area contributed by atoms with E-state index < -0.39 is 19.5 Å². The fraction of sp³-hybridized carbons (Fsp3) is 0.538. The molecule has 0 aliphatic rings. The molecule has 21 heavy (non-hydrogen) atoms. The third-order valence-corrected chi connectivity index (χ3v) is 5.29. The van der Waals surface area contributed by atoms with Crippen LogP contribution in [0.15, 0.2) is 18.2 Å². The lowest BCUT2D eigenvalue weighted by molar-refractivity contribution is -0.384. The molecule has 0 radical (unpaired) electrons. The van der Waals surface area contributed by atoms with Crippen LogP contribution < -0.4 is 10.1 Å². The van der Waals surface area contributed by atoms with E-state index in [4.69, 9.17) is 4.74 Å². The fourth-order valence-corrected chi connectivity index (χ4v) is 1.82. The summed E-state index contributed by atoms with van der Waals surface area (Å²) < 4.78 is 27.6. The predicted molar refractivity (Wildman–Crippen MR) is 81.7 cm³/mol. The first-order valence-corrected chi connectivity index (χ1v) is 8.31. The summed E-state index contributed by atoms with van der Waals surface area (Å²) in [6.45, 7) is 5.49. The van der Waals surface area contributed by atoms with E-state index in [0.717, 1.165) is 6.26 Å². The molecule has 7 nitrogen and oxygen atoms in total. The molecule has 0 unspecified atom stereocenters. The second kappa shape index (κ2) is 6.30. The zero-order valence-corrected chi connectivity index (χ0v) is 13.4. The lowest BCUT2D eigenvalue weighted by Gasteiger charge is -2.23. The molecule has 0 aliphatic heterocycles. The van der Waals surface area contributed by atoms with E-state index in [0.29, 0.717) is 18.0 Å². The normalized spacial score (nSPS) is 12.0. The van der Waals surface area contributed by atoms with Crippen LogP contribution in [0.1, 0.15) is 20.8 Å². The van der Waals surface area contributed by atoms with E-state index in [9.17, 15) is 18.5 Å². The number of rotatable bonds is 7. The molecule has 0 amide bonds. The average Bonchev–Trinajstić information content (AvgIpc) is 2.35. The van der Waals surface area contributed by atoms with Crippen molar-refractivity contribution in [3.05, 3.63) is 28.3 Å². The number of ether oxygens (including phenoxy) is 1. The molecule has 0 aromatic heterocycles. The van der Waals surface area contributed by atoms with Gasteiger partial charge in [-0.15, -0.1) is 0 Å². The summed E-state index contributed by atoms with van der Waals surface area (Å²) in [5, 5.41) is 13.8. The molecule has 0 aliphatic carbocycles. The number of nitrogens with one attached hydrogen (secondary N) is 1. The van der Waals surface area contributed by atoms with Crippen LogP contribution in [0.2, 0.25) is 0 Å². The quantitative estimate of drug-likeness (QED) is 0.612. The van der Waals surface area contributed by atoms with Crippen molar-refractivity contribution >= 4 is 21.2 Å². The molecule has 0 saturated heterocycles. The number of nitro benzene ring substituents is 1. The Bertz CT molecular complexity index is 625. The van der Waals surface area contributed by atoms with E-state index in [2.05, 4.69) is 5.32 Å². The van der Waals surface area contributed by atoms with E-state index >= 15 is 0 Å². The highest BCUT2D eigenvalue weighted by Gasteiger charge is 2.30. The molecule has 1 aromatic rings. The first-order valence-electron chi connectivity index (χ1n) is 6.42. The van der Waals surface area contributed by atoms with Crippen molar-refractivity contribution in [3.8, 4) is 5.75 Å². The van der Waals surface area contributed by atoms with Crippen molar-refractivity contribution in [2.45, 2.75) is 25.5 Å². The van der Waals surface area contributed by atoms with Crippen molar-refractivity contribution in [1.82, 2.24) is 0 Å². The van der Waals surface area contributed by atoms with Gasteiger partial charge in [0.05, 0.1) is 22.3 Å². The second-order valence-corrected chi connectivity index (χ2v) is 7.94. The third kappa shape index (κ3) is 4.59. The molecular formula is C13H20N2O5S. The SMILES string of the molecule is CCOc1cc(NCC(C)(C)S(C)(=O)=O)cc([N+](=O)[O-])c1. The molecular weight excluding hydrogens is 296 g/mol. The first kappa shape index (κ1) is 17.2. The Kier molecular flexibility index (Phi) is 5.16. The van der Waals surface area contributed by atoms with Crippen LogP contribution in [0, 0.1) is 10.1 Å². The van der Waals surface area contributed by atoms with Gasteiger partial charge in [-0.1, -0.05) is 0 Å². The zero-order chi connectivity index (χ0) is 16.3. The standard InChI is InChI=1S/C13H20N2O5S/c1-5-20-12-7-10(6-11(8-12)15(16)17)14-9-13(2,3)21(4,18)19/h6-8,14H,5,9H2,1-4H3. The first-order chi connectivity index (χ1) is 9.56. The van der Waals surface area contributed by atoms with E-state index in [1.807, 2.05) is 0 Å². The van der Waals surface area contributed by atoms with E-state index in [1.54, 1.807) is 26.8 Å². The molecule has 1 N–H and O–H groups in total. The van der Waals surface area contributed by atoms with E-state index in [-0.39, 0.29) is 12.2 Å². The van der Waals surface area contributed by atoms with Gasteiger partial charge in [0.25, 0.3) is 5.69 Å². The summed E-state index contributed by atoms with van der Waals surface area (Å²) in [5.74, 6) is 0.367. The Balaban J connectivity index is 3.00. The van der Waals surface area contributed by atoms with Gasteiger partial charge >= 0.3 is 0 Å². The topological polar surface area (TPSA) is 98.5 Å². The monoisotopic (exact) mass is 316 g/mol. The summed E-state index contributed by atoms with van der Waals surface area (Å²) in [4.78, 5) is 10.4. The number of hydrogen-bond donors (Lipinski definition) is 1. The summed E-state index contributed by atoms with van der Waals surface area (Å²) in [5.41, 5.74) is 0.338. The highest BCUT2D eigenvalue weighted by atomic mass is 32.2. The van der Waals surface area contributed by atoms with Crippen molar-refractivity contribution < 1.29 is 18.1 Å². The maximum absolute atomic E-state index is 11.6. The zero-order valence-electron chi connectivity index (χ0n) is 12.5. The van der Waals surface area contributed by atoms with E-state index in [1.165, 1.54) is 12.1 Å². The van der Waals surface area contributed by atoms with Gasteiger partial charge in [-0.05, 0) is 20.8 Å². The summed E-state index contributed by atoms with van der Waals surface area (Å²) in [6, 6.07) is 4.28. The highest BCUT2D eigenvalue weighted by molar-refractivity contribution is 7.92. The number of benzene rings is 1. The lowest BCUT2D eigenvalue weighted by atomic mass is 10.2. The van der Waals surface area contributed by atoms with Crippen LogP contribution in [-0.4, -0.2) is 37.5 Å². The largest absolute Gasteiger partial charge is 0.494 e. The minimum Gasteiger partial charge on any atom is -0.494 e. The number of nitrogens with zero attached hydrogens (tertiary/aromatic N) is 1. The van der Waals surface area contributed by atoms with Crippen LogP contribution >= 0.6 is 0 Å². The molecule has 1 rings (SSSR count). The van der Waals surface area contributed by atoms with Crippen LogP contribution in [0.25, 0.3) is 0 Å². The Morgan fingerprint density at radius 1 is 1.33 bits per heavy atom. The molecule has 0 bridgehead atoms. The average molecular weight is 316 g/mol. The van der Waals surface area contributed by atoms with Gasteiger partial charge in [-0.25, -0.2) is 8.42 Å². The molecule has 1 aromatic carbocycles. The van der Waals surface area contributed by atoms with Gasteiger partial charge in [0.2, 0.25) is 0 Å². The summed E-state index contributed by atoms with van der Waals surface area (Å²) in [6.07, 6.45) is 1.16. The maximum atomic E-state index is 11.6. The highest BCUT2D eigenvalue weighted by Crippen LogP contribution is 2.27. The maximum Gasteiger partial charge on any atom is 0.275 e. The molecule has 0 saturated carbocycles. The van der Waals surface area contributed by atoms with Crippen LogP contribution in [-0.2, 0) is 9.84 Å². The third-order valence-electron chi connectivity index (χ3n) is 3.14. The number of non-ortho nitro benzene ring substituents is 1. The number of nitro groups is 1. The second-order valence-electron chi connectivity index (χ2n) is 5.29. The Hall–Kier alpha value is -1.83. The molecule has 0 atom stereocenters. The lowest BCUT2D eigenvalue weighted by Crippen LogP contribution is -2.38. The minimum atomic E-state index is -3.25. The smallest absolute Gasteiger partial charge is 0.275 e. The van der Waals surface area contributed by atoms with Crippen molar-refractivity contribution in [3.63, 3.8) is 0 Å². The molecule has 8 heteroatoms. The number of hydrogen-bond acceptors (Lipinski definition) is 6. The number of anilines is 1. The summed E-state index contributed by atoms with van der Waals surface area (Å²) >= 11 is 0. The minimum absolute atomic E-state index is 0.111. The van der Waals surface area contributed by atoms with Gasteiger partial charge in [0.1, 0.15) is 5.75 Å². The van der Waals surface area contributed by atoms with Gasteiger partial charge in [-0.2, -0.15) is 0 Å². The van der Waals surface area contributed by atoms with Crippen molar-refractivity contribution in [2.75, 3.05) is 24.7 Å². The van der Waals surface area contributed by atoms with Gasteiger partial charge in [0.15, 0.2) is 9.84 Å². The molecule has 0 fully saturated rings. The Labute approximate surface area is 124 Å². The predicted octanol–water partition coefficient (Wildman–Crippen LogP) is 2.23. The van der Waals surface area contributed by atoms with Crippen LogP contribution in [0.4, 0.5) is 11.4 Å². The van der Waals surface area contributed by atoms with Crippen LogP contribution in [0.3, 0.4) is 0 Å². The van der Waals surface area contributed by atoms with Gasteiger partial charge in [0, 0.05) is 30.6 Å². The van der Waals surface area contributed by atoms with Gasteiger partial charge < -0.3 is 10.1 Å². The van der Waals surface area contributed by atoms with Crippen molar-refractivity contribution in [2.24, 2.45) is 0 Å². The van der Waals surface area contributed by atoms with Crippen LogP contribution in [0.5, 0.6) is 5.75 Å². The Morgan fingerprint density at radius 2 is 1.95 bits per heavy atom. The summed E-state index contributed by atoms with van der Waals surface area (Å²) in [7, 11) is -3.25. The fourth-order valence-electron chi connectivity index (χ4n) is 1.49. The molecule has 0 spiro atoms. The van der Waals surface area contributed by atoms with Gasteiger partial charge in [-0.3, -0.25) is 10.1 Å². The van der Waals surface area contributed by atoms with Crippen molar-refractivity contribution in [1.29, 1.82) is 0 Å².